The average molecular weight is 383 g/mol. The Morgan fingerprint density at radius 2 is 1.17 bits per heavy atom. The normalized spacial score (nSPS) is 15.9. The fourth-order valence-corrected chi connectivity index (χ4v) is 4.72. The molecule has 0 N–H and O–H groups in total. The summed E-state index contributed by atoms with van der Waals surface area (Å²) in [5.74, 6) is 0.734. The van der Waals surface area contributed by atoms with Crippen LogP contribution in [0.5, 0.6) is 0 Å². The van der Waals surface area contributed by atoms with Crippen LogP contribution in [-0.4, -0.2) is 6.10 Å². The Bertz CT molecular complexity index is 783. The first-order valence-corrected chi connectivity index (χ1v) is 10.8. The second-order valence-corrected chi connectivity index (χ2v) is 8.06. The number of ether oxygens (including phenoxy) is 1. The lowest BCUT2D eigenvalue weighted by Crippen LogP contribution is -2.37. The molecule has 0 radical (unpaired) electrons. The van der Waals surface area contributed by atoms with E-state index in [0.29, 0.717) is 0 Å². The standard InChI is InChI=1S/C28H30O/c1-2-27(22-23-14-12-13-15-23)29-28(24-16-6-3-7-17-24,25-18-8-4-9-19-25)26-20-10-5-11-21-26/h2-11,16-21,23,27H,1,12-15,22H2. The molecule has 0 saturated heterocycles. The smallest absolute Gasteiger partial charge is 0.144 e. The SMILES string of the molecule is C=CC(CC1CCCC1)OC(c1ccccc1)(c1ccccc1)c1ccccc1. The molecule has 4 rings (SSSR count). The van der Waals surface area contributed by atoms with Crippen LogP contribution in [0.3, 0.4) is 0 Å². The predicted octanol–water partition coefficient (Wildman–Crippen LogP) is 7.13. The molecule has 0 bridgehead atoms. The summed E-state index contributed by atoms with van der Waals surface area (Å²) in [7, 11) is 0. The highest BCUT2D eigenvalue weighted by atomic mass is 16.5. The van der Waals surface area contributed by atoms with Crippen molar-refractivity contribution in [2.45, 2.75) is 43.8 Å². The van der Waals surface area contributed by atoms with Crippen molar-refractivity contribution in [3.63, 3.8) is 0 Å². The second kappa shape index (κ2) is 9.24. The summed E-state index contributed by atoms with van der Waals surface area (Å²) in [6, 6.07) is 31.8. The molecule has 3 aromatic carbocycles. The molecule has 1 atom stereocenters. The summed E-state index contributed by atoms with van der Waals surface area (Å²) in [5, 5.41) is 0. The van der Waals surface area contributed by atoms with Gasteiger partial charge in [0.25, 0.3) is 0 Å². The molecule has 3 aromatic rings. The summed E-state index contributed by atoms with van der Waals surface area (Å²) in [6.45, 7) is 4.14. The van der Waals surface area contributed by atoms with Crippen LogP contribution < -0.4 is 0 Å². The van der Waals surface area contributed by atoms with Gasteiger partial charge in [0.05, 0.1) is 6.10 Å². The minimum absolute atomic E-state index is 0.00119. The van der Waals surface area contributed by atoms with Gasteiger partial charge in [-0.1, -0.05) is 123 Å². The third-order valence-electron chi connectivity index (χ3n) is 6.17. The molecule has 0 aliphatic heterocycles. The molecule has 1 unspecified atom stereocenters. The van der Waals surface area contributed by atoms with Gasteiger partial charge in [-0.3, -0.25) is 0 Å². The highest BCUT2D eigenvalue weighted by Gasteiger charge is 2.39. The van der Waals surface area contributed by atoms with Gasteiger partial charge >= 0.3 is 0 Å². The third kappa shape index (κ3) is 4.21. The van der Waals surface area contributed by atoms with E-state index in [4.69, 9.17) is 4.74 Å². The Balaban J connectivity index is 1.84. The largest absolute Gasteiger partial charge is 0.354 e. The zero-order valence-corrected chi connectivity index (χ0v) is 17.0. The quantitative estimate of drug-likeness (QED) is 0.297. The lowest BCUT2D eigenvalue weighted by molar-refractivity contribution is -0.0336. The summed E-state index contributed by atoms with van der Waals surface area (Å²) in [4.78, 5) is 0. The summed E-state index contributed by atoms with van der Waals surface area (Å²) < 4.78 is 7.09. The van der Waals surface area contributed by atoms with E-state index >= 15 is 0 Å². The zero-order valence-electron chi connectivity index (χ0n) is 17.0. The van der Waals surface area contributed by atoms with Gasteiger partial charge in [-0.05, 0) is 29.0 Å². The van der Waals surface area contributed by atoms with E-state index in [1.165, 1.54) is 25.7 Å². The molecule has 1 saturated carbocycles. The highest BCUT2D eigenvalue weighted by molar-refractivity contribution is 5.47. The topological polar surface area (TPSA) is 9.23 Å². The lowest BCUT2D eigenvalue weighted by atomic mass is 9.79. The Morgan fingerprint density at radius 3 is 1.55 bits per heavy atom. The molecular formula is C28H30O. The van der Waals surface area contributed by atoms with E-state index in [-0.39, 0.29) is 6.10 Å². The van der Waals surface area contributed by atoms with Crippen LogP contribution in [0.15, 0.2) is 104 Å². The molecule has 0 amide bonds. The van der Waals surface area contributed by atoms with Gasteiger partial charge < -0.3 is 4.74 Å². The minimum atomic E-state index is -0.665. The number of hydrogen-bond donors (Lipinski definition) is 0. The van der Waals surface area contributed by atoms with Crippen LogP contribution in [-0.2, 0) is 10.3 Å². The minimum Gasteiger partial charge on any atom is -0.354 e. The Labute approximate surface area is 175 Å². The van der Waals surface area contributed by atoms with Crippen molar-refractivity contribution in [2.75, 3.05) is 0 Å². The zero-order chi connectivity index (χ0) is 19.9. The van der Waals surface area contributed by atoms with Gasteiger partial charge in [-0.2, -0.15) is 0 Å². The van der Waals surface area contributed by atoms with Gasteiger partial charge in [0.2, 0.25) is 0 Å². The monoisotopic (exact) mass is 382 g/mol. The number of rotatable bonds is 8. The molecule has 0 spiro atoms. The van der Waals surface area contributed by atoms with E-state index in [9.17, 15) is 0 Å². The average Bonchev–Trinajstić information content (AvgIpc) is 3.31. The van der Waals surface area contributed by atoms with Crippen LogP contribution >= 0.6 is 0 Å². The molecule has 1 fully saturated rings. The molecule has 148 valence electrons. The molecule has 0 aromatic heterocycles. The first kappa shape index (κ1) is 19.7. The number of hydrogen-bond acceptors (Lipinski definition) is 1. The van der Waals surface area contributed by atoms with Gasteiger partial charge in [0, 0.05) is 0 Å². The third-order valence-corrected chi connectivity index (χ3v) is 6.17. The Kier molecular flexibility index (Phi) is 6.27. The first-order valence-electron chi connectivity index (χ1n) is 10.8. The molecule has 1 nitrogen and oxygen atoms in total. The van der Waals surface area contributed by atoms with Crippen molar-refractivity contribution in [1.82, 2.24) is 0 Å². The van der Waals surface area contributed by atoms with Crippen molar-refractivity contribution in [3.8, 4) is 0 Å². The van der Waals surface area contributed by atoms with Gasteiger partial charge in [-0.15, -0.1) is 6.58 Å². The van der Waals surface area contributed by atoms with E-state index in [1.54, 1.807) is 0 Å². The maximum absolute atomic E-state index is 7.09. The van der Waals surface area contributed by atoms with Crippen molar-refractivity contribution < 1.29 is 4.74 Å². The summed E-state index contributed by atoms with van der Waals surface area (Å²) in [6.07, 6.45) is 8.34. The van der Waals surface area contributed by atoms with Gasteiger partial charge in [0.15, 0.2) is 0 Å². The molecule has 1 aliphatic rings. The van der Waals surface area contributed by atoms with E-state index in [0.717, 1.165) is 29.0 Å². The maximum atomic E-state index is 7.09. The van der Waals surface area contributed by atoms with E-state index in [1.807, 2.05) is 6.08 Å². The first-order chi connectivity index (χ1) is 14.3. The van der Waals surface area contributed by atoms with E-state index in [2.05, 4.69) is 97.6 Å². The van der Waals surface area contributed by atoms with Crippen molar-refractivity contribution in [3.05, 3.63) is 120 Å². The van der Waals surface area contributed by atoms with E-state index < -0.39 is 5.60 Å². The van der Waals surface area contributed by atoms with Crippen molar-refractivity contribution >= 4 is 0 Å². The Hall–Kier alpha value is -2.64. The van der Waals surface area contributed by atoms with Crippen molar-refractivity contribution in [2.24, 2.45) is 5.92 Å². The number of benzene rings is 3. The fourth-order valence-electron chi connectivity index (χ4n) is 4.72. The van der Waals surface area contributed by atoms with Crippen molar-refractivity contribution in [1.29, 1.82) is 0 Å². The molecule has 0 heterocycles. The molecular weight excluding hydrogens is 352 g/mol. The summed E-state index contributed by atoms with van der Waals surface area (Å²) in [5.41, 5.74) is 2.78. The van der Waals surface area contributed by atoms with Gasteiger partial charge in [0.1, 0.15) is 5.60 Å². The Morgan fingerprint density at radius 1 is 0.759 bits per heavy atom. The molecule has 1 heteroatoms. The van der Waals surface area contributed by atoms with Crippen LogP contribution in [0.2, 0.25) is 0 Å². The lowest BCUT2D eigenvalue weighted by Gasteiger charge is -2.39. The molecule has 29 heavy (non-hydrogen) atoms. The van der Waals surface area contributed by atoms with Crippen LogP contribution in [0.1, 0.15) is 48.8 Å². The maximum Gasteiger partial charge on any atom is 0.144 e. The second-order valence-electron chi connectivity index (χ2n) is 8.06. The summed E-state index contributed by atoms with van der Waals surface area (Å²) >= 11 is 0. The predicted molar refractivity (Wildman–Crippen MR) is 121 cm³/mol. The van der Waals surface area contributed by atoms with Crippen LogP contribution in [0.4, 0.5) is 0 Å². The molecule has 1 aliphatic carbocycles. The fraction of sp³-hybridized carbons (Fsp3) is 0.286. The highest BCUT2D eigenvalue weighted by Crippen LogP contribution is 2.42. The van der Waals surface area contributed by atoms with Gasteiger partial charge in [-0.25, -0.2) is 0 Å². The van der Waals surface area contributed by atoms with Crippen LogP contribution in [0.25, 0.3) is 0 Å². The van der Waals surface area contributed by atoms with Crippen LogP contribution in [0, 0.1) is 5.92 Å².